The first-order valence-corrected chi connectivity index (χ1v) is 8.45. The predicted octanol–water partition coefficient (Wildman–Crippen LogP) is 2.92. The summed E-state index contributed by atoms with van der Waals surface area (Å²) in [6.07, 6.45) is 3.55. The maximum absolute atomic E-state index is 12.2. The van der Waals surface area contributed by atoms with Crippen LogP contribution in [-0.2, 0) is 4.79 Å². The summed E-state index contributed by atoms with van der Waals surface area (Å²) in [5.41, 5.74) is 6.10. The van der Waals surface area contributed by atoms with E-state index in [0.29, 0.717) is 5.02 Å². The Morgan fingerprint density at radius 3 is 2.46 bits per heavy atom. The van der Waals surface area contributed by atoms with Crippen molar-refractivity contribution in [2.24, 2.45) is 5.73 Å². The Morgan fingerprint density at radius 2 is 1.83 bits per heavy atom. The van der Waals surface area contributed by atoms with Crippen LogP contribution in [0.4, 0.5) is 0 Å². The number of halogens is 3. The zero-order valence-corrected chi connectivity index (χ0v) is 15.7. The third-order valence-electron chi connectivity index (χ3n) is 4.06. The highest BCUT2D eigenvalue weighted by molar-refractivity contribution is 6.43. The number of rotatable bonds is 4. The molecular weight excluding hydrogens is 373 g/mol. The van der Waals surface area contributed by atoms with Gasteiger partial charge in [-0.05, 0) is 44.7 Å². The summed E-state index contributed by atoms with van der Waals surface area (Å²) in [6, 6.07) is 4.50. The van der Waals surface area contributed by atoms with E-state index in [1.54, 1.807) is 25.1 Å². The maximum atomic E-state index is 12.2. The Kier molecular flexibility index (Phi) is 8.30. The summed E-state index contributed by atoms with van der Waals surface area (Å²) in [7, 11) is 0. The van der Waals surface area contributed by atoms with Gasteiger partial charge in [-0.1, -0.05) is 29.3 Å². The topological polar surface area (TPSA) is 84.2 Å². The van der Waals surface area contributed by atoms with Crippen molar-refractivity contribution in [3.05, 3.63) is 33.8 Å². The fourth-order valence-corrected chi connectivity index (χ4v) is 3.00. The van der Waals surface area contributed by atoms with E-state index in [2.05, 4.69) is 10.6 Å². The second-order valence-corrected chi connectivity index (χ2v) is 6.70. The average molecular weight is 395 g/mol. The van der Waals surface area contributed by atoms with Gasteiger partial charge in [-0.3, -0.25) is 9.59 Å². The lowest BCUT2D eigenvalue weighted by Gasteiger charge is -2.28. The zero-order chi connectivity index (χ0) is 17.0. The normalized spacial score (nSPS) is 21.3. The van der Waals surface area contributed by atoms with Crippen molar-refractivity contribution in [1.29, 1.82) is 0 Å². The number of hydrogen-bond donors (Lipinski definition) is 3. The first-order chi connectivity index (χ1) is 10.9. The van der Waals surface area contributed by atoms with Crippen LogP contribution in [-0.4, -0.2) is 29.9 Å². The molecule has 8 heteroatoms. The highest BCUT2D eigenvalue weighted by atomic mass is 35.5. The van der Waals surface area contributed by atoms with Crippen molar-refractivity contribution in [2.75, 3.05) is 0 Å². The lowest BCUT2D eigenvalue weighted by Crippen LogP contribution is -2.49. The first kappa shape index (κ1) is 21.0. The molecule has 0 aliphatic heterocycles. The van der Waals surface area contributed by atoms with Crippen LogP contribution in [0.5, 0.6) is 0 Å². The van der Waals surface area contributed by atoms with Crippen molar-refractivity contribution in [1.82, 2.24) is 10.6 Å². The fraction of sp³-hybridized carbons (Fsp3) is 0.500. The van der Waals surface area contributed by atoms with Crippen LogP contribution >= 0.6 is 35.6 Å². The van der Waals surface area contributed by atoms with Gasteiger partial charge in [0, 0.05) is 12.1 Å². The smallest absolute Gasteiger partial charge is 0.253 e. The molecule has 134 valence electrons. The van der Waals surface area contributed by atoms with Gasteiger partial charge in [0.15, 0.2) is 0 Å². The van der Waals surface area contributed by atoms with Crippen LogP contribution < -0.4 is 16.4 Å². The summed E-state index contributed by atoms with van der Waals surface area (Å²) in [4.78, 5) is 24.4. The number of carbonyl (C=O) groups excluding carboxylic acids is 2. The standard InChI is InChI=1S/C16H21Cl2N3O2.ClH/c1-9(15(22)21-11-7-5-10(19)6-8-11)20-16(23)12-3-2-4-13(17)14(12)18;/h2-4,9-11H,5-8,19H2,1H3,(H,20,23)(H,21,22);1H. The molecule has 0 heterocycles. The largest absolute Gasteiger partial charge is 0.352 e. The Balaban J connectivity index is 0.00000288. The van der Waals surface area contributed by atoms with Gasteiger partial charge in [-0.25, -0.2) is 0 Å². The van der Waals surface area contributed by atoms with E-state index in [0.717, 1.165) is 25.7 Å². The van der Waals surface area contributed by atoms with Gasteiger partial charge in [0.2, 0.25) is 5.91 Å². The summed E-state index contributed by atoms with van der Waals surface area (Å²) < 4.78 is 0. The van der Waals surface area contributed by atoms with E-state index in [1.807, 2.05) is 0 Å². The molecule has 1 aliphatic rings. The van der Waals surface area contributed by atoms with Crippen LogP contribution in [0.3, 0.4) is 0 Å². The molecule has 0 radical (unpaired) electrons. The van der Waals surface area contributed by atoms with Crippen molar-refractivity contribution >= 4 is 47.4 Å². The number of benzene rings is 1. The Hall–Kier alpha value is -1.01. The SMILES string of the molecule is CC(NC(=O)c1cccc(Cl)c1Cl)C(=O)NC1CCC(N)CC1.Cl. The third-order valence-corrected chi connectivity index (χ3v) is 4.87. The minimum atomic E-state index is -0.659. The molecule has 1 aromatic carbocycles. The van der Waals surface area contributed by atoms with E-state index in [4.69, 9.17) is 28.9 Å². The number of hydrogen-bond acceptors (Lipinski definition) is 3. The second-order valence-electron chi connectivity index (χ2n) is 5.92. The predicted molar refractivity (Wildman–Crippen MR) is 99.0 cm³/mol. The minimum Gasteiger partial charge on any atom is -0.352 e. The summed E-state index contributed by atoms with van der Waals surface area (Å²) in [5.74, 6) is -0.636. The quantitative estimate of drug-likeness (QED) is 0.734. The van der Waals surface area contributed by atoms with Gasteiger partial charge < -0.3 is 16.4 Å². The number of nitrogens with one attached hydrogen (secondary N) is 2. The van der Waals surface area contributed by atoms with E-state index < -0.39 is 11.9 Å². The highest BCUT2D eigenvalue weighted by Gasteiger charge is 2.24. The summed E-state index contributed by atoms with van der Waals surface area (Å²) >= 11 is 11.9. The minimum absolute atomic E-state index is 0. The van der Waals surface area contributed by atoms with Crippen molar-refractivity contribution in [3.63, 3.8) is 0 Å². The molecule has 0 saturated heterocycles. The number of nitrogens with two attached hydrogens (primary N) is 1. The lowest BCUT2D eigenvalue weighted by molar-refractivity contribution is -0.123. The van der Waals surface area contributed by atoms with E-state index in [1.165, 1.54) is 0 Å². The molecule has 2 amide bonds. The van der Waals surface area contributed by atoms with Gasteiger partial charge in [0.05, 0.1) is 15.6 Å². The van der Waals surface area contributed by atoms with Gasteiger partial charge >= 0.3 is 0 Å². The molecule has 2 rings (SSSR count). The van der Waals surface area contributed by atoms with E-state index in [9.17, 15) is 9.59 Å². The Bertz CT molecular complexity index is 590. The molecule has 0 aromatic heterocycles. The molecule has 1 aromatic rings. The van der Waals surface area contributed by atoms with E-state index in [-0.39, 0.29) is 41.0 Å². The molecule has 0 bridgehead atoms. The molecule has 4 N–H and O–H groups in total. The highest BCUT2D eigenvalue weighted by Crippen LogP contribution is 2.25. The molecule has 0 spiro atoms. The van der Waals surface area contributed by atoms with Gasteiger partial charge in [0.1, 0.15) is 6.04 Å². The zero-order valence-electron chi connectivity index (χ0n) is 13.4. The lowest BCUT2D eigenvalue weighted by atomic mass is 9.91. The molecule has 1 fully saturated rings. The molecule has 1 saturated carbocycles. The van der Waals surface area contributed by atoms with Crippen LogP contribution in [0, 0.1) is 0 Å². The van der Waals surface area contributed by atoms with Crippen LogP contribution in [0.1, 0.15) is 43.0 Å². The summed E-state index contributed by atoms with van der Waals surface area (Å²) in [5, 5.41) is 6.08. The second kappa shape index (κ2) is 9.47. The molecule has 24 heavy (non-hydrogen) atoms. The molecular formula is C16H22Cl3N3O2. The molecule has 1 atom stereocenters. The maximum Gasteiger partial charge on any atom is 0.253 e. The molecule has 5 nitrogen and oxygen atoms in total. The summed E-state index contributed by atoms with van der Waals surface area (Å²) in [6.45, 7) is 1.64. The monoisotopic (exact) mass is 393 g/mol. The van der Waals surface area contributed by atoms with Crippen molar-refractivity contribution in [3.8, 4) is 0 Å². The number of carbonyl (C=O) groups is 2. The Morgan fingerprint density at radius 1 is 1.21 bits per heavy atom. The van der Waals surface area contributed by atoms with Crippen LogP contribution in [0.25, 0.3) is 0 Å². The molecule has 1 unspecified atom stereocenters. The van der Waals surface area contributed by atoms with Crippen LogP contribution in [0.15, 0.2) is 18.2 Å². The van der Waals surface area contributed by atoms with Gasteiger partial charge in [-0.2, -0.15) is 0 Å². The molecule has 1 aliphatic carbocycles. The van der Waals surface area contributed by atoms with Gasteiger partial charge in [0.25, 0.3) is 5.91 Å². The third kappa shape index (κ3) is 5.52. The fourth-order valence-electron chi connectivity index (χ4n) is 2.61. The van der Waals surface area contributed by atoms with Gasteiger partial charge in [-0.15, -0.1) is 12.4 Å². The first-order valence-electron chi connectivity index (χ1n) is 7.69. The van der Waals surface area contributed by atoms with Crippen LogP contribution in [0.2, 0.25) is 10.0 Å². The van der Waals surface area contributed by atoms with Crippen molar-refractivity contribution in [2.45, 2.75) is 50.7 Å². The average Bonchev–Trinajstić information content (AvgIpc) is 2.52. The number of amides is 2. The van der Waals surface area contributed by atoms with E-state index >= 15 is 0 Å². The van der Waals surface area contributed by atoms with Crippen molar-refractivity contribution < 1.29 is 9.59 Å². The Labute approximate surface area is 158 Å².